The normalized spacial score (nSPS) is 13.6. The lowest BCUT2D eigenvalue weighted by atomic mass is 10.1. The van der Waals surface area contributed by atoms with E-state index in [1.165, 1.54) is 18.5 Å². The van der Waals surface area contributed by atoms with E-state index in [4.69, 9.17) is 9.47 Å². The van der Waals surface area contributed by atoms with Crippen molar-refractivity contribution in [2.24, 2.45) is 0 Å². The number of rotatable bonds is 6. The molecule has 5 nitrogen and oxygen atoms in total. The van der Waals surface area contributed by atoms with Gasteiger partial charge in [0.05, 0.1) is 19.8 Å². The van der Waals surface area contributed by atoms with Gasteiger partial charge in [-0.15, -0.1) is 0 Å². The Bertz CT molecular complexity index is 771. The topological polar surface area (TPSA) is 50.8 Å². The molecule has 26 heavy (non-hydrogen) atoms. The first kappa shape index (κ1) is 18.8. The number of carbonyl (C=O) groups excluding carboxylic acids is 1. The molecule has 0 spiro atoms. The molecule has 1 N–H and O–H groups in total. The molecule has 1 heterocycles. The molecule has 0 radical (unpaired) electrons. The molecule has 0 saturated carbocycles. The second-order valence-corrected chi connectivity index (χ2v) is 7.39. The van der Waals surface area contributed by atoms with Crippen LogP contribution in [0.4, 0.5) is 5.69 Å². The monoisotopic (exact) mass is 466 g/mol. The molecule has 0 aliphatic carbocycles. The number of amides is 1. The van der Waals surface area contributed by atoms with Crippen molar-refractivity contribution in [2.75, 3.05) is 32.2 Å². The first-order valence-corrected chi connectivity index (χ1v) is 9.74. The number of nitrogens with one attached hydrogen (secondary N) is 1. The Morgan fingerprint density at radius 2 is 1.69 bits per heavy atom. The van der Waals surface area contributed by atoms with Crippen LogP contribution in [0.5, 0.6) is 11.5 Å². The summed E-state index contributed by atoms with van der Waals surface area (Å²) in [5.74, 6) is 1.04. The maximum atomic E-state index is 12.6. The largest absolute Gasteiger partial charge is 0.493 e. The fraction of sp³-hybridized carbons (Fsp3) is 0.350. The summed E-state index contributed by atoms with van der Waals surface area (Å²) in [6.07, 6.45) is 2.53. The summed E-state index contributed by atoms with van der Waals surface area (Å²) < 4.78 is 11.4. The molecule has 0 bridgehead atoms. The summed E-state index contributed by atoms with van der Waals surface area (Å²) in [6.45, 7) is 2.76. The van der Waals surface area contributed by atoms with Crippen molar-refractivity contribution in [2.45, 2.75) is 19.4 Å². The van der Waals surface area contributed by atoms with Gasteiger partial charge >= 0.3 is 0 Å². The first-order valence-electron chi connectivity index (χ1n) is 8.66. The predicted octanol–water partition coefficient (Wildman–Crippen LogP) is 3.84. The van der Waals surface area contributed by atoms with Gasteiger partial charge in [0, 0.05) is 28.9 Å². The van der Waals surface area contributed by atoms with Crippen molar-refractivity contribution in [3.05, 3.63) is 51.1 Å². The second kappa shape index (κ2) is 8.62. The molecule has 138 valence electrons. The molecule has 3 rings (SSSR count). The van der Waals surface area contributed by atoms with Gasteiger partial charge in [-0.2, -0.15) is 0 Å². The number of carbonyl (C=O) groups is 1. The van der Waals surface area contributed by atoms with Crippen molar-refractivity contribution in [3.63, 3.8) is 0 Å². The van der Waals surface area contributed by atoms with E-state index in [-0.39, 0.29) is 5.91 Å². The number of nitrogens with zero attached hydrogens (tertiary/aromatic N) is 1. The van der Waals surface area contributed by atoms with Crippen LogP contribution in [0, 0.1) is 3.57 Å². The highest BCUT2D eigenvalue weighted by Crippen LogP contribution is 2.31. The zero-order valence-electron chi connectivity index (χ0n) is 15.0. The van der Waals surface area contributed by atoms with Gasteiger partial charge in [0.25, 0.3) is 5.91 Å². The molecule has 2 aromatic rings. The minimum atomic E-state index is -0.126. The third-order valence-electron chi connectivity index (χ3n) is 4.58. The van der Waals surface area contributed by atoms with E-state index < -0.39 is 0 Å². The van der Waals surface area contributed by atoms with Crippen molar-refractivity contribution < 1.29 is 14.3 Å². The van der Waals surface area contributed by atoms with Gasteiger partial charge in [-0.05, 0) is 65.3 Å². The summed E-state index contributed by atoms with van der Waals surface area (Å²) in [6, 6.07) is 11.9. The lowest BCUT2D eigenvalue weighted by Gasteiger charge is -2.17. The third-order valence-corrected chi connectivity index (χ3v) is 5.47. The van der Waals surface area contributed by atoms with Gasteiger partial charge in [0.15, 0.2) is 11.5 Å². The maximum absolute atomic E-state index is 12.6. The van der Waals surface area contributed by atoms with Crippen LogP contribution in [0.3, 0.4) is 0 Å². The number of hydrogen-bond donors (Lipinski definition) is 1. The summed E-state index contributed by atoms with van der Waals surface area (Å²) in [5.41, 5.74) is 2.92. The first-order chi connectivity index (χ1) is 12.6. The van der Waals surface area contributed by atoms with E-state index in [1.54, 1.807) is 26.4 Å². The molecule has 1 aliphatic rings. The van der Waals surface area contributed by atoms with Gasteiger partial charge < -0.3 is 19.7 Å². The smallest absolute Gasteiger partial charge is 0.252 e. The molecule has 2 aromatic carbocycles. The number of halogens is 1. The molecule has 0 atom stereocenters. The molecule has 0 aromatic heterocycles. The zero-order valence-corrected chi connectivity index (χ0v) is 17.2. The molecular formula is C20H23IN2O3. The molecule has 1 saturated heterocycles. The zero-order chi connectivity index (χ0) is 18.5. The van der Waals surface area contributed by atoms with Crippen LogP contribution in [0.15, 0.2) is 36.4 Å². The Hall–Kier alpha value is -1.96. The van der Waals surface area contributed by atoms with Gasteiger partial charge in [-0.25, -0.2) is 0 Å². The number of ether oxygens (including phenoxy) is 2. The minimum absolute atomic E-state index is 0.126. The van der Waals surface area contributed by atoms with E-state index in [0.717, 1.165) is 22.2 Å². The molecule has 0 unspecified atom stereocenters. The highest BCUT2D eigenvalue weighted by Gasteiger charge is 2.16. The molecule has 1 aliphatic heterocycles. The fourth-order valence-corrected chi connectivity index (χ4v) is 3.79. The Labute approximate surface area is 167 Å². The summed E-state index contributed by atoms with van der Waals surface area (Å²) >= 11 is 2.14. The van der Waals surface area contributed by atoms with E-state index in [0.29, 0.717) is 23.6 Å². The quantitative estimate of drug-likeness (QED) is 0.658. The molecule has 6 heteroatoms. The Morgan fingerprint density at radius 1 is 1.08 bits per heavy atom. The number of benzene rings is 2. The average Bonchev–Trinajstić information content (AvgIpc) is 3.21. The van der Waals surface area contributed by atoms with Crippen LogP contribution in [0.1, 0.15) is 28.8 Å². The highest BCUT2D eigenvalue weighted by molar-refractivity contribution is 14.1. The standard InChI is InChI=1S/C20H23IN2O3/c1-25-18-11-16(17(21)12-19(18)26-2)20(24)22-13-14-5-7-15(8-6-14)23-9-3-4-10-23/h5-8,11-12H,3-4,9-10,13H2,1-2H3,(H,22,24). The lowest BCUT2D eigenvalue weighted by molar-refractivity contribution is 0.0949. The van der Waals surface area contributed by atoms with E-state index in [2.05, 4.69) is 57.1 Å². The Morgan fingerprint density at radius 3 is 2.31 bits per heavy atom. The van der Waals surface area contributed by atoms with E-state index in [1.807, 2.05) is 0 Å². The van der Waals surface area contributed by atoms with Crippen molar-refractivity contribution in [1.82, 2.24) is 5.32 Å². The summed E-state index contributed by atoms with van der Waals surface area (Å²) in [7, 11) is 3.15. The highest BCUT2D eigenvalue weighted by atomic mass is 127. The Balaban J connectivity index is 1.65. The van der Waals surface area contributed by atoms with Crippen LogP contribution >= 0.6 is 22.6 Å². The maximum Gasteiger partial charge on any atom is 0.252 e. The van der Waals surface area contributed by atoms with Crippen molar-refractivity contribution >= 4 is 34.2 Å². The summed E-state index contributed by atoms with van der Waals surface area (Å²) in [4.78, 5) is 15.0. The minimum Gasteiger partial charge on any atom is -0.493 e. The predicted molar refractivity (Wildman–Crippen MR) is 111 cm³/mol. The van der Waals surface area contributed by atoms with Crippen LogP contribution in [0.2, 0.25) is 0 Å². The summed E-state index contributed by atoms with van der Waals surface area (Å²) in [5, 5.41) is 2.98. The van der Waals surface area contributed by atoms with Crippen molar-refractivity contribution in [3.8, 4) is 11.5 Å². The van der Waals surface area contributed by atoms with Gasteiger partial charge in [-0.1, -0.05) is 12.1 Å². The third kappa shape index (κ3) is 4.23. The van der Waals surface area contributed by atoms with Crippen LogP contribution < -0.4 is 19.7 Å². The number of methoxy groups -OCH3 is 2. The second-order valence-electron chi connectivity index (χ2n) is 6.23. The van der Waals surface area contributed by atoms with Crippen LogP contribution in [0.25, 0.3) is 0 Å². The number of hydrogen-bond acceptors (Lipinski definition) is 4. The average molecular weight is 466 g/mol. The Kier molecular flexibility index (Phi) is 6.24. The van der Waals surface area contributed by atoms with E-state index in [9.17, 15) is 4.79 Å². The molecule has 1 amide bonds. The van der Waals surface area contributed by atoms with Gasteiger partial charge in [-0.3, -0.25) is 4.79 Å². The van der Waals surface area contributed by atoms with Crippen molar-refractivity contribution in [1.29, 1.82) is 0 Å². The molecular weight excluding hydrogens is 443 g/mol. The lowest BCUT2D eigenvalue weighted by Crippen LogP contribution is -2.24. The fourth-order valence-electron chi connectivity index (χ4n) is 3.11. The molecule has 1 fully saturated rings. The van der Waals surface area contributed by atoms with Crippen LogP contribution in [-0.2, 0) is 6.54 Å². The number of anilines is 1. The van der Waals surface area contributed by atoms with E-state index >= 15 is 0 Å². The SMILES string of the molecule is COc1cc(I)c(C(=O)NCc2ccc(N3CCCC3)cc2)cc1OC. The van der Waals surface area contributed by atoms with Gasteiger partial charge in [0.1, 0.15) is 0 Å². The van der Waals surface area contributed by atoms with Crippen LogP contribution in [-0.4, -0.2) is 33.2 Å². The van der Waals surface area contributed by atoms with Gasteiger partial charge in [0.2, 0.25) is 0 Å².